The predicted octanol–water partition coefficient (Wildman–Crippen LogP) is 3.13. The van der Waals surface area contributed by atoms with Crippen LogP contribution < -0.4 is 10.6 Å². The third kappa shape index (κ3) is 3.81. The minimum atomic E-state index is -1.76. The van der Waals surface area contributed by atoms with Gasteiger partial charge in [-0.25, -0.2) is 4.98 Å². The number of carbonyl (C=O) groups excluding carboxylic acids is 1. The summed E-state index contributed by atoms with van der Waals surface area (Å²) in [5.41, 5.74) is 6.29. The molecule has 7 heteroatoms. The van der Waals surface area contributed by atoms with Crippen LogP contribution in [0.15, 0.2) is 30.3 Å². The molecule has 0 saturated carbocycles. The Balaban J connectivity index is 1.58. The highest BCUT2D eigenvalue weighted by molar-refractivity contribution is 5.94. The molecule has 3 atom stereocenters. The van der Waals surface area contributed by atoms with Gasteiger partial charge in [0, 0.05) is 31.0 Å². The number of nitrogens with zero attached hydrogens (tertiary/aromatic N) is 2. The number of ketones is 1. The molecule has 0 amide bonds. The maximum Gasteiger partial charge on any atom is 0.311 e. The van der Waals surface area contributed by atoms with Crippen LogP contribution >= 0.6 is 0 Å². The number of hydrogen-bond acceptors (Lipinski definition) is 6. The van der Waals surface area contributed by atoms with Gasteiger partial charge in [-0.1, -0.05) is 32.0 Å². The Morgan fingerprint density at radius 3 is 2.68 bits per heavy atom. The summed E-state index contributed by atoms with van der Waals surface area (Å²) in [7, 11) is 0. The van der Waals surface area contributed by atoms with Crippen LogP contribution in [0.25, 0.3) is 10.9 Å². The Labute approximate surface area is 182 Å². The van der Waals surface area contributed by atoms with Crippen molar-refractivity contribution >= 4 is 28.5 Å². The lowest BCUT2D eigenvalue weighted by Gasteiger charge is -2.48. The zero-order valence-corrected chi connectivity index (χ0v) is 18.4. The molecule has 0 aliphatic carbocycles. The quantitative estimate of drug-likeness (QED) is 0.775. The Kier molecular flexibility index (Phi) is 5.52. The van der Waals surface area contributed by atoms with Crippen LogP contribution in [0, 0.1) is 24.2 Å². The standard InChI is InChI=1S/C24H31N3O4/c1-15-6-4-7-16-9-10-19(26-20(15)16)27-12-11-17(23(2,3)14-27)21(28)24(25)18(22(29)30)8-5-13-31-24/h4,6-7,9-10,17-18H,5,8,11-14,25H2,1-3H3,(H,29,30). The van der Waals surface area contributed by atoms with Crippen molar-refractivity contribution in [1.29, 1.82) is 0 Å². The molecule has 2 fully saturated rings. The van der Waals surface area contributed by atoms with Crippen LogP contribution in [-0.2, 0) is 14.3 Å². The van der Waals surface area contributed by atoms with E-state index in [1.54, 1.807) is 0 Å². The first-order valence-corrected chi connectivity index (χ1v) is 10.9. The molecule has 2 aliphatic rings. The van der Waals surface area contributed by atoms with Gasteiger partial charge >= 0.3 is 5.97 Å². The number of rotatable bonds is 4. The largest absolute Gasteiger partial charge is 0.481 e. The van der Waals surface area contributed by atoms with E-state index in [-0.39, 0.29) is 11.7 Å². The molecule has 3 heterocycles. The number of aromatic nitrogens is 1. The van der Waals surface area contributed by atoms with E-state index in [0.717, 1.165) is 22.3 Å². The van der Waals surface area contributed by atoms with Gasteiger partial charge in [-0.2, -0.15) is 0 Å². The third-order valence-electron chi connectivity index (χ3n) is 6.96. The Bertz CT molecular complexity index is 1020. The summed E-state index contributed by atoms with van der Waals surface area (Å²) in [6, 6.07) is 10.2. The van der Waals surface area contributed by atoms with Crippen molar-refractivity contribution in [3.63, 3.8) is 0 Å². The third-order valence-corrected chi connectivity index (χ3v) is 6.96. The molecule has 1 aromatic heterocycles. The number of carboxylic acids is 1. The van der Waals surface area contributed by atoms with Gasteiger partial charge in [-0.05, 0) is 49.3 Å². The van der Waals surface area contributed by atoms with Gasteiger partial charge in [0.05, 0.1) is 5.52 Å². The van der Waals surface area contributed by atoms with Crippen molar-refractivity contribution in [1.82, 2.24) is 4.98 Å². The number of hydrogen-bond donors (Lipinski definition) is 2. The number of ether oxygens (including phenoxy) is 1. The molecule has 0 spiro atoms. The molecule has 3 N–H and O–H groups in total. The monoisotopic (exact) mass is 425 g/mol. The van der Waals surface area contributed by atoms with E-state index in [4.69, 9.17) is 15.5 Å². The summed E-state index contributed by atoms with van der Waals surface area (Å²) in [6.45, 7) is 7.72. The minimum Gasteiger partial charge on any atom is -0.481 e. The number of anilines is 1. The lowest BCUT2D eigenvalue weighted by molar-refractivity contribution is -0.182. The number of piperidine rings is 1. The normalized spacial score (nSPS) is 28.5. The number of carboxylic acid groups (broad SMARTS) is 1. The van der Waals surface area contributed by atoms with Crippen LogP contribution in [-0.4, -0.2) is 47.3 Å². The number of carbonyl (C=O) groups is 2. The molecule has 166 valence electrons. The molecule has 2 saturated heterocycles. The predicted molar refractivity (Wildman–Crippen MR) is 119 cm³/mol. The van der Waals surface area contributed by atoms with Crippen molar-refractivity contribution < 1.29 is 19.4 Å². The fourth-order valence-corrected chi connectivity index (χ4v) is 5.17. The molecule has 7 nitrogen and oxygen atoms in total. The SMILES string of the molecule is Cc1cccc2ccc(N3CCC(C(=O)C4(N)OCCCC4C(=O)O)C(C)(C)C3)nc12. The molecule has 0 radical (unpaired) electrons. The first-order valence-electron chi connectivity index (χ1n) is 10.9. The molecule has 31 heavy (non-hydrogen) atoms. The second-order valence-corrected chi connectivity index (χ2v) is 9.61. The summed E-state index contributed by atoms with van der Waals surface area (Å²) >= 11 is 0. The van der Waals surface area contributed by atoms with E-state index < -0.39 is 23.0 Å². The Hall–Kier alpha value is -2.51. The maximum atomic E-state index is 13.5. The van der Waals surface area contributed by atoms with E-state index in [1.165, 1.54) is 0 Å². The fraction of sp³-hybridized carbons (Fsp3) is 0.542. The Morgan fingerprint density at radius 2 is 1.97 bits per heavy atom. The Morgan fingerprint density at radius 1 is 1.19 bits per heavy atom. The summed E-state index contributed by atoms with van der Waals surface area (Å²) in [4.78, 5) is 32.4. The molecule has 1 aromatic carbocycles. The van der Waals surface area contributed by atoms with Crippen molar-refractivity contribution in [2.45, 2.75) is 45.8 Å². The van der Waals surface area contributed by atoms with Crippen LogP contribution in [0.5, 0.6) is 0 Å². The molecule has 3 unspecified atom stereocenters. The van der Waals surface area contributed by atoms with Crippen LogP contribution in [0.3, 0.4) is 0 Å². The zero-order chi connectivity index (χ0) is 22.4. The van der Waals surface area contributed by atoms with Crippen LogP contribution in [0.4, 0.5) is 5.82 Å². The molecule has 4 rings (SSSR count). The van der Waals surface area contributed by atoms with E-state index >= 15 is 0 Å². The summed E-state index contributed by atoms with van der Waals surface area (Å²) < 4.78 is 5.64. The number of pyridine rings is 1. The molecule has 2 aromatic rings. The summed E-state index contributed by atoms with van der Waals surface area (Å²) in [5.74, 6) is -1.85. The second kappa shape index (κ2) is 7.88. The van der Waals surface area contributed by atoms with E-state index in [9.17, 15) is 14.7 Å². The lowest BCUT2D eigenvalue weighted by Crippen LogP contribution is -2.65. The van der Waals surface area contributed by atoms with Gasteiger partial charge in [0.1, 0.15) is 11.7 Å². The van der Waals surface area contributed by atoms with Crippen molar-refractivity contribution in [3.05, 3.63) is 35.9 Å². The van der Waals surface area contributed by atoms with Crippen molar-refractivity contribution in [3.8, 4) is 0 Å². The van der Waals surface area contributed by atoms with Crippen LogP contribution in [0.1, 0.15) is 38.7 Å². The number of aliphatic carboxylic acids is 1. The average molecular weight is 426 g/mol. The highest BCUT2D eigenvalue weighted by atomic mass is 16.5. The van der Waals surface area contributed by atoms with Gasteiger partial charge in [0.2, 0.25) is 0 Å². The molecule has 0 bridgehead atoms. The first-order chi connectivity index (χ1) is 14.6. The number of fused-ring (bicyclic) bond motifs is 1. The maximum absolute atomic E-state index is 13.5. The highest BCUT2D eigenvalue weighted by Gasteiger charge is 2.54. The summed E-state index contributed by atoms with van der Waals surface area (Å²) in [5, 5.41) is 10.7. The first kappa shape index (κ1) is 21.7. The van der Waals surface area contributed by atoms with Gasteiger partial charge in [0.25, 0.3) is 0 Å². The molecular formula is C24H31N3O4. The van der Waals surface area contributed by atoms with E-state index in [1.807, 2.05) is 26.0 Å². The number of benzene rings is 1. The lowest BCUT2D eigenvalue weighted by atomic mass is 9.67. The number of nitrogens with two attached hydrogens (primary N) is 1. The van der Waals surface area contributed by atoms with Crippen LogP contribution in [0.2, 0.25) is 0 Å². The number of para-hydroxylation sites is 1. The van der Waals surface area contributed by atoms with Crippen molar-refractivity contribution in [2.24, 2.45) is 23.0 Å². The van der Waals surface area contributed by atoms with Gasteiger partial charge in [-0.3, -0.25) is 15.3 Å². The second-order valence-electron chi connectivity index (χ2n) is 9.61. The highest BCUT2D eigenvalue weighted by Crippen LogP contribution is 2.42. The number of aryl methyl sites for hydroxylation is 1. The zero-order valence-electron chi connectivity index (χ0n) is 18.4. The van der Waals surface area contributed by atoms with Gasteiger partial charge < -0.3 is 14.7 Å². The minimum absolute atomic E-state index is 0.286. The molecule has 2 aliphatic heterocycles. The average Bonchev–Trinajstić information content (AvgIpc) is 2.73. The smallest absolute Gasteiger partial charge is 0.311 e. The van der Waals surface area contributed by atoms with Gasteiger partial charge in [-0.15, -0.1) is 0 Å². The molecular weight excluding hydrogens is 394 g/mol. The topological polar surface area (TPSA) is 106 Å². The van der Waals surface area contributed by atoms with E-state index in [0.29, 0.717) is 39.0 Å². The van der Waals surface area contributed by atoms with E-state index in [2.05, 4.69) is 30.0 Å². The van der Waals surface area contributed by atoms with Gasteiger partial charge in [0.15, 0.2) is 11.5 Å². The number of Topliss-reactive ketones (excluding diaryl/α,β-unsaturated/α-hetero) is 1. The fourth-order valence-electron chi connectivity index (χ4n) is 5.17. The van der Waals surface area contributed by atoms with Crippen molar-refractivity contribution in [2.75, 3.05) is 24.6 Å². The summed E-state index contributed by atoms with van der Waals surface area (Å²) in [6.07, 6.45) is 1.53.